The van der Waals surface area contributed by atoms with Crippen molar-refractivity contribution in [3.05, 3.63) is 131 Å². The standard InChI is InChI=1S/C30H24ClFN2O4S/c1-3-37-29(36)26-18(2)33-30-34(27(26)23-9-4-5-10-24(23)31)28(35)25(39-30)16-20-7-6-8-22(15-20)38-17-19-11-13-21(32)14-12-19/h4-16,27H,3,17H2,1-2H3/b25-16-/t27-/m1/s1. The van der Waals surface area contributed by atoms with Crippen molar-refractivity contribution in [3.63, 3.8) is 0 Å². The second kappa shape index (κ2) is 11.4. The van der Waals surface area contributed by atoms with Gasteiger partial charge >= 0.3 is 5.97 Å². The van der Waals surface area contributed by atoms with E-state index in [0.717, 1.165) is 11.1 Å². The monoisotopic (exact) mass is 562 g/mol. The second-order valence-corrected chi connectivity index (χ2v) is 10.2. The Morgan fingerprint density at radius 3 is 2.64 bits per heavy atom. The van der Waals surface area contributed by atoms with Gasteiger partial charge in [0.1, 0.15) is 24.2 Å². The largest absolute Gasteiger partial charge is 0.489 e. The molecule has 1 atom stereocenters. The third-order valence-electron chi connectivity index (χ3n) is 6.19. The number of esters is 1. The Labute approximate surface area is 232 Å². The molecule has 3 aromatic carbocycles. The number of rotatable bonds is 7. The number of thiazole rings is 1. The first kappa shape index (κ1) is 26.6. The lowest BCUT2D eigenvalue weighted by Gasteiger charge is -2.25. The Kier molecular flexibility index (Phi) is 7.77. The maximum absolute atomic E-state index is 13.8. The zero-order valence-corrected chi connectivity index (χ0v) is 22.8. The maximum atomic E-state index is 13.8. The minimum Gasteiger partial charge on any atom is -0.489 e. The van der Waals surface area contributed by atoms with Crippen molar-refractivity contribution in [1.29, 1.82) is 0 Å². The predicted molar refractivity (Wildman–Crippen MR) is 149 cm³/mol. The predicted octanol–water partition coefficient (Wildman–Crippen LogP) is 5.17. The molecule has 1 aliphatic heterocycles. The Balaban J connectivity index is 1.55. The van der Waals surface area contributed by atoms with Crippen LogP contribution in [0.2, 0.25) is 5.02 Å². The number of nitrogens with zero attached hydrogens (tertiary/aromatic N) is 2. The first-order chi connectivity index (χ1) is 18.9. The van der Waals surface area contributed by atoms with Gasteiger partial charge in [-0.05, 0) is 66.9 Å². The molecule has 9 heteroatoms. The van der Waals surface area contributed by atoms with Crippen molar-refractivity contribution in [2.24, 2.45) is 4.99 Å². The number of fused-ring (bicyclic) bond motifs is 1. The fraction of sp³-hybridized carbons (Fsp3) is 0.167. The molecule has 0 unspecified atom stereocenters. The number of aromatic nitrogens is 1. The molecule has 0 saturated heterocycles. The molecule has 0 bridgehead atoms. The number of hydrogen-bond acceptors (Lipinski definition) is 6. The molecule has 5 rings (SSSR count). The van der Waals surface area contributed by atoms with E-state index in [1.54, 1.807) is 50.3 Å². The first-order valence-corrected chi connectivity index (χ1v) is 13.5. The van der Waals surface area contributed by atoms with E-state index < -0.39 is 12.0 Å². The molecule has 0 spiro atoms. The smallest absolute Gasteiger partial charge is 0.338 e. The lowest BCUT2D eigenvalue weighted by molar-refractivity contribution is -0.139. The average molecular weight is 563 g/mol. The average Bonchev–Trinajstić information content (AvgIpc) is 3.22. The quantitative estimate of drug-likeness (QED) is 0.291. The van der Waals surface area contributed by atoms with Crippen LogP contribution in [0.25, 0.3) is 6.08 Å². The van der Waals surface area contributed by atoms with Crippen LogP contribution in [-0.2, 0) is 16.1 Å². The molecule has 0 aliphatic carbocycles. The van der Waals surface area contributed by atoms with Crippen LogP contribution >= 0.6 is 22.9 Å². The highest BCUT2D eigenvalue weighted by Gasteiger charge is 2.34. The molecular weight excluding hydrogens is 539 g/mol. The fourth-order valence-corrected chi connectivity index (χ4v) is 5.66. The van der Waals surface area contributed by atoms with E-state index in [4.69, 9.17) is 21.1 Å². The van der Waals surface area contributed by atoms with Gasteiger partial charge in [-0.1, -0.05) is 65.4 Å². The van der Waals surface area contributed by atoms with Crippen molar-refractivity contribution in [2.75, 3.05) is 6.61 Å². The van der Waals surface area contributed by atoms with E-state index in [0.29, 0.717) is 31.4 Å². The van der Waals surface area contributed by atoms with Crippen LogP contribution in [0.3, 0.4) is 0 Å². The molecule has 0 radical (unpaired) electrons. The van der Waals surface area contributed by atoms with Gasteiger partial charge < -0.3 is 9.47 Å². The molecule has 1 aromatic heterocycles. The Morgan fingerprint density at radius 2 is 1.90 bits per heavy atom. The summed E-state index contributed by atoms with van der Waals surface area (Å²) >= 11 is 7.78. The fourth-order valence-electron chi connectivity index (χ4n) is 4.38. The Hall–Kier alpha value is -4.01. The molecule has 0 saturated carbocycles. The van der Waals surface area contributed by atoms with E-state index in [-0.39, 0.29) is 30.2 Å². The summed E-state index contributed by atoms with van der Waals surface area (Å²) < 4.78 is 26.3. The molecule has 6 nitrogen and oxygen atoms in total. The van der Waals surface area contributed by atoms with Crippen molar-refractivity contribution < 1.29 is 18.7 Å². The van der Waals surface area contributed by atoms with Gasteiger partial charge in [0, 0.05) is 5.02 Å². The molecule has 1 aliphatic rings. The van der Waals surface area contributed by atoms with Crippen molar-refractivity contribution in [3.8, 4) is 5.75 Å². The minimum atomic E-state index is -0.776. The van der Waals surface area contributed by atoms with Crippen molar-refractivity contribution in [2.45, 2.75) is 26.5 Å². The third kappa shape index (κ3) is 5.57. The van der Waals surface area contributed by atoms with Gasteiger partial charge in [0.15, 0.2) is 4.80 Å². The Morgan fingerprint density at radius 1 is 1.13 bits per heavy atom. The van der Waals surface area contributed by atoms with Crippen LogP contribution in [0.5, 0.6) is 5.75 Å². The van der Waals surface area contributed by atoms with Gasteiger partial charge in [-0.25, -0.2) is 14.2 Å². The molecule has 0 N–H and O–H groups in total. The van der Waals surface area contributed by atoms with E-state index in [2.05, 4.69) is 4.99 Å². The number of halogens is 2. The van der Waals surface area contributed by atoms with Crippen LogP contribution in [-0.4, -0.2) is 17.1 Å². The zero-order chi connectivity index (χ0) is 27.5. The summed E-state index contributed by atoms with van der Waals surface area (Å²) in [6.07, 6.45) is 1.77. The summed E-state index contributed by atoms with van der Waals surface area (Å²) in [5, 5.41) is 0.430. The van der Waals surface area contributed by atoms with Crippen molar-refractivity contribution >= 4 is 35.0 Å². The lowest BCUT2D eigenvalue weighted by Crippen LogP contribution is -2.40. The van der Waals surface area contributed by atoms with Crippen LogP contribution in [0.15, 0.2) is 93.9 Å². The second-order valence-electron chi connectivity index (χ2n) is 8.81. The van der Waals surface area contributed by atoms with Crippen LogP contribution in [0.1, 0.15) is 36.6 Å². The summed E-state index contributed by atoms with van der Waals surface area (Å²) in [6, 6.07) is 19.8. The lowest BCUT2D eigenvalue weighted by atomic mass is 9.96. The van der Waals surface area contributed by atoms with Gasteiger partial charge in [-0.3, -0.25) is 9.36 Å². The molecule has 198 valence electrons. The highest BCUT2D eigenvalue weighted by atomic mass is 35.5. The van der Waals surface area contributed by atoms with Crippen LogP contribution < -0.4 is 19.6 Å². The number of carbonyl (C=O) groups excluding carboxylic acids is 1. The summed E-state index contributed by atoms with van der Waals surface area (Å²) in [7, 11) is 0. The zero-order valence-electron chi connectivity index (χ0n) is 21.2. The van der Waals surface area contributed by atoms with Gasteiger partial charge in [-0.2, -0.15) is 0 Å². The van der Waals surface area contributed by atoms with Crippen LogP contribution in [0, 0.1) is 5.82 Å². The third-order valence-corrected chi connectivity index (χ3v) is 7.52. The number of allylic oxidation sites excluding steroid dienone is 1. The maximum Gasteiger partial charge on any atom is 0.338 e. The van der Waals surface area contributed by atoms with Crippen molar-refractivity contribution in [1.82, 2.24) is 4.57 Å². The summed E-state index contributed by atoms with van der Waals surface area (Å²) in [5.41, 5.74) is 2.66. The van der Waals surface area contributed by atoms with Gasteiger partial charge in [0.2, 0.25) is 0 Å². The SMILES string of the molecule is CCOC(=O)C1=C(C)N=c2s/c(=C\c3cccc(OCc4ccc(F)cc4)c3)c(=O)n2[C@@H]1c1ccccc1Cl. The molecule has 2 heterocycles. The van der Waals surface area contributed by atoms with E-state index in [1.807, 2.05) is 30.3 Å². The van der Waals surface area contributed by atoms with Gasteiger partial charge in [0.05, 0.1) is 22.4 Å². The summed E-state index contributed by atoms with van der Waals surface area (Å²) in [4.78, 5) is 31.8. The number of benzene rings is 3. The van der Waals surface area contributed by atoms with Gasteiger partial charge in [0.25, 0.3) is 5.56 Å². The molecule has 4 aromatic rings. The molecule has 0 amide bonds. The van der Waals surface area contributed by atoms with E-state index in [1.165, 1.54) is 28.0 Å². The number of ether oxygens (including phenoxy) is 2. The molecule has 0 fully saturated rings. The van der Waals surface area contributed by atoms with Gasteiger partial charge in [-0.15, -0.1) is 0 Å². The van der Waals surface area contributed by atoms with E-state index >= 15 is 0 Å². The normalized spacial score (nSPS) is 15.1. The number of carbonyl (C=O) groups is 1. The summed E-state index contributed by atoms with van der Waals surface area (Å²) in [6.45, 7) is 3.93. The minimum absolute atomic E-state index is 0.189. The van der Waals surface area contributed by atoms with Crippen LogP contribution in [0.4, 0.5) is 4.39 Å². The topological polar surface area (TPSA) is 69.9 Å². The first-order valence-electron chi connectivity index (χ1n) is 12.3. The molecule has 39 heavy (non-hydrogen) atoms. The molecular formula is C30H24ClFN2O4S. The highest BCUT2D eigenvalue weighted by molar-refractivity contribution is 7.07. The Bertz CT molecular complexity index is 1760. The summed E-state index contributed by atoms with van der Waals surface area (Å²) in [5.74, 6) is -0.234. The number of hydrogen-bond donors (Lipinski definition) is 0. The van der Waals surface area contributed by atoms with E-state index in [9.17, 15) is 14.0 Å². The highest BCUT2D eigenvalue weighted by Crippen LogP contribution is 2.34.